The van der Waals surface area contributed by atoms with Gasteiger partial charge in [-0.2, -0.15) is 0 Å². The molecule has 0 aliphatic carbocycles. The summed E-state index contributed by atoms with van der Waals surface area (Å²) >= 11 is 5.92. The van der Waals surface area contributed by atoms with Gasteiger partial charge < -0.3 is 15.4 Å². The minimum absolute atomic E-state index is 0.241. The van der Waals surface area contributed by atoms with Gasteiger partial charge in [-0.15, -0.1) is 0 Å². The molecule has 1 aliphatic rings. The summed E-state index contributed by atoms with van der Waals surface area (Å²) in [4.78, 5) is 23.1. The number of hydrogen-bond acceptors (Lipinski definition) is 5. The van der Waals surface area contributed by atoms with Gasteiger partial charge in [-0.25, -0.2) is 4.39 Å². The van der Waals surface area contributed by atoms with E-state index in [-0.39, 0.29) is 17.6 Å². The predicted octanol–water partition coefficient (Wildman–Crippen LogP) is 5.10. The van der Waals surface area contributed by atoms with E-state index in [1.54, 1.807) is 18.2 Å². The molecule has 0 unspecified atom stereocenters. The Morgan fingerprint density at radius 3 is 2.28 bits per heavy atom. The van der Waals surface area contributed by atoms with Gasteiger partial charge in [-0.1, -0.05) is 11.6 Å². The Bertz CT molecular complexity index is 1120. The second-order valence-corrected chi connectivity index (χ2v) is 7.82. The summed E-state index contributed by atoms with van der Waals surface area (Å²) in [6.45, 7) is 0.314. The molecule has 1 saturated heterocycles. The predicted molar refractivity (Wildman–Crippen MR) is 121 cm³/mol. The van der Waals surface area contributed by atoms with E-state index >= 15 is 0 Å². The van der Waals surface area contributed by atoms with E-state index in [9.17, 15) is 14.0 Å². The first-order chi connectivity index (χ1) is 15.5. The molecule has 0 bridgehead atoms. The molecule has 164 valence electrons. The normalized spacial score (nSPS) is 15.8. The van der Waals surface area contributed by atoms with Gasteiger partial charge >= 0.3 is 0 Å². The molecule has 1 heterocycles. The van der Waals surface area contributed by atoms with Gasteiger partial charge in [0.2, 0.25) is 11.8 Å². The molecule has 3 aromatic rings. The molecular weight excluding hydrogens is 433 g/mol. The molecule has 0 aromatic heterocycles. The van der Waals surface area contributed by atoms with Crippen LogP contribution in [-0.2, 0) is 16.1 Å². The molecule has 8 heteroatoms. The standard InChI is InChI=1S/C24H21ClFN3O3/c25-16-1-10-21(26)15(13-16)14-27-17-2-6-19(7-3-17)32-20-8-4-18(5-9-20)28-22-11-12-23(30)29-24(22)31/h1-10,13,22,27-28H,11-12,14H2,(H,29,30,31)/t22-/m0/s1. The van der Waals surface area contributed by atoms with Gasteiger partial charge in [0, 0.05) is 34.9 Å². The largest absolute Gasteiger partial charge is 0.457 e. The van der Waals surface area contributed by atoms with Crippen LogP contribution >= 0.6 is 11.6 Å². The Kier molecular flexibility index (Phi) is 6.56. The zero-order valence-electron chi connectivity index (χ0n) is 17.0. The Morgan fingerprint density at radius 2 is 1.62 bits per heavy atom. The first kappa shape index (κ1) is 21.6. The second-order valence-electron chi connectivity index (χ2n) is 7.39. The summed E-state index contributed by atoms with van der Waals surface area (Å²) in [5, 5.41) is 9.10. The molecule has 1 fully saturated rings. The van der Waals surface area contributed by atoms with Crippen LogP contribution in [0, 0.1) is 5.82 Å². The fourth-order valence-electron chi connectivity index (χ4n) is 3.30. The number of piperidine rings is 1. The highest BCUT2D eigenvalue weighted by molar-refractivity contribution is 6.30. The highest BCUT2D eigenvalue weighted by Crippen LogP contribution is 2.25. The van der Waals surface area contributed by atoms with Crippen molar-refractivity contribution in [2.75, 3.05) is 10.6 Å². The van der Waals surface area contributed by atoms with Crippen molar-refractivity contribution < 1.29 is 18.7 Å². The van der Waals surface area contributed by atoms with Crippen molar-refractivity contribution in [3.8, 4) is 11.5 Å². The number of carbonyl (C=O) groups is 2. The lowest BCUT2D eigenvalue weighted by Gasteiger charge is -2.22. The molecule has 3 aromatic carbocycles. The van der Waals surface area contributed by atoms with Crippen molar-refractivity contribution in [2.24, 2.45) is 0 Å². The van der Waals surface area contributed by atoms with Crippen molar-refractivity contribution in [3.05, 3.63) is 83.1 Å². The number of hydrogen-bond donors (Lipinski definition) is 3. The summed E-state index contributed by atoms with van der Waals surface area (Å²) in [5.41, 5.74) is 2.07. The van der Waals surface area contributed by atoms with Gasteiger partial charge in [0.05, 0.1) is 0 Å². The molecule has 32 heavy (non-hydrogen) atoms. The topological polar surface area (TPSA) is 79.5 Å². The SMILES string of the molecule is O=C1CC[C@H](Nc2ccc(Oc3ccc(NCc4cc(Cl)ccc4F)cc3)cc2)C(=O)N1. The van der Waals surface area contributed by atoms with Crippen LogP contribution in [0.3, 0.4) is 0 Å². The zero-order chi connectivity index (χ0) is 22.5. The highest BCUT2D eigenvalue weighted by Gasteiger charge is 2.26. The maximum absolute atomic E-state index is 13.8. The fraction of sp³-hybridized carbons (Fsp3) is 0.167. The van der Waals surface area contributed by atoms with E-state index in [2.05, 4.69) is 16.0 Å². The molecule has 2 amide bonds. The molecule has 0 radical (unpaired) electrons. The van der Waals surface area contributed by atoms with Crippen molar-refractivity contribution in [1.82, 2.24) is 5.32 Å². The summed E-state index contributed by atoms with van der Waals surface area (Å²) in [6.07, 6.45) is 0.788. The van der Waals surface area contributed by atoms with Crippen LogP contribution in [0.4, 0.5) is 15.8 Å². The number of imide groups is 1. The molecule has 6 nitrogen and oxygen atoms in total. The Balaban J connectivity index is 1.31. The van der Waals surface area contributed by atoms with Crippen LogP contribution in [0.2, 0.25) is 5.02 Å². The third-order valence-electron chi connectivity index (χ3n) is 5.02. The van der Waals surface area contributed by atoms with E-state index in [0.717, 1.165) is 11.4 Å². The average Bonchev–Trinajstić information content (AvgIpc) is 2.78. The first-order valence-corrected chi connectivity index (χ1v) is 10.5. The Morgan fingerprint density at radius 1 is 0.969 bits per heavy atom. The lowest BCUT2D eigenvalue weighted by atomic mass is 10.1. The van der Waals surface area contributed by atoms with Crippen LogP contribution in [-0.4, -0.2) is 17.9 Å². The monoisotopic (exact) mass is 453 g/mol. The first-order valence-electron chi connectivity index (χ1n) is 10.1. The van der Waals surface area contributed by atoms with E-state index in [1.165, 1.54) is 12.1 Å². The minimum Gasteiger partial charge on any atom is -0.457 e. The lowest BCUT2D eigenvalue weighted by Crippen LogP contribution is -2.47. The fourth-order valence-corrected chi connectivity index (χ4v) is 3.50. The molecule has 1 aliphatic heterocycles. The van der Waals surface area contributed by atoms with Gasteiger partial charge in [-0.05, 0) is 73.2 Å². The van der Waals surface area contributed by atoms with E-state index < -0.39 is 6.04 Å². The van der Waals surface area contributed by atoms with Gasteiger partial charge in [0.1, 0.15) is 23.4 Å². The quantitative estimate of drug-likeness (QED) is 0.434. The molecule has 0 spiro atoms. The average molecular weight is 454 g/mol. The van der Waals surface area contributed by atoms with Crippen molar-refractivity contribution in [1.29, 1.82) is 0 Å². The third kappa shape index (κ3) is 5.56. The molecular formula is C24H21ClFN3O3. The molecule has 0 saturated carbocycles. The van der Waals surface area contributed by atoms with Crippen LogP contribution in [0.25, 0.3) is 0 Å². The molecule has 3 N–H and O–H groups in total. The number of carbonyl (C=O) groups excluding carboxylic acids is 2. The lowest BCUT2D eigenvalue weighted by molar-refractivity contribution is -0.133. The number of nitrogens with one attached hydrogen (secondary N) is 3. The van der Waals surface area contributed by atoms with Crippen molar-refractivity contribution >= 4 is 34.8 Å². The van der Waals surface area contributed by atoms with Crippen molar-refractivity contribution in [3.63, 3.8) is 0 Å². The Labute approximate surface area is 189 Å². The summed E-state index contributed by atoms with van der Waals surface area (Å²) in [6, 6.07) is 18.6. The van der Waals surface area contributed by atoms with Crippen LogP contribution in [0.5, 0.6) is 11.5 Å². The number of amides is 2. The van der Waals surface area contributed by atoms with Gasteiger partial charge in [-0.3, -0.25) is 14.9 Å². The summed E-state index contributed by atoms with van der Waals surface area (Å²) < 4.78 is 19.7. The van der Waals surface area contributed by atoms with E-state index in [1.807, 2.05) is 36.4 Å². The van der Waals surface area contributed by atoms with Gasteiger partial charge in [0.15, 0.2) is 0 Å². The maximum atomic E-state index is 13.8. The Hall–Kier alpha value is -3.58. The number of anilines is 2. The third-order valence-corrected chi connectivity index (χ3v) is 5.25. The second kappa shape index (κ2) is 9.70. The summed E-state index contributed by atoms with van der Waals surface area (Å²) in [5.74, 6) is 0.427. The van der Waals surface area contributed by atoms with E-state index in [0.29, 0.717) is 41.5 Å². The number of benzene rings is 3. The number of ether oxygens (including phenoxy) is 1. The maximum Gasteiger partial charge on any atom is 0.249 e. The van der Waals surface area contributed by atoms with Crippen molar-refractivity contribution in [2.45, 2.75) is 25.4 Å². The van der Waals surface area contributed by atoms with Crippen LogP contribution < -0.4 is 20.7 Å². The highest BCUT2D eigenvalue weighted by atomic mass is 35.5. The molecule has 4 rings (SSSR count). The van der Waals surface area contributed by atoms with Crippen LogP contribution in [0.15, 0.2) is 66.7 Å². The smallest absolute Gasteiger partial charge is 0.249 e. The van der Waals surface area contributed by atoms with E-state index in [4.69, 9.17) is 16.3 Å². The van der Waals surface area contributed by atoms with Gasteiger partial charge in [0.25, 0.3) is 0 Å². The summed E-state index contributed by atoms with van der Waals surface area (Å²) in [7, 11) is 0. The number of halogens is 2. The minimum atomic E-state index is -0.431. The van der Waals surface area contributed by atoms with Crippen LogP contribution in [0.1, 0.15) is 18.4 Å². The molecule has 1 atom stereocenters. The number of rotatable bonds is 7. The zero-order valence-corrected chi connectivity index (χ0v) is 17.8.